The predicted molar refractivity (Wildman–Crippen MR) is 102 cm³/mol. The van der Waals surface area contributed by atoms with Crippen LogP contribution in [0, 0.1) is 10.1 Å². The number of benzene rings is 2. The molecule has 0 atom stereocenters. The number of carboxylic acid groups (broad SMARTS) is 1. The van der Waals surface area contributed by atoms with Crippen molar-refractivity contribution in [1.82, 2.24) is 5.32 Å². The Hall–Kier alpha value is -3.26. The van der Waals surface area contributed by atoms with E-state index in [1.807, 2.05) is 45.0 Å². The minimum Gasteiger partial charge on any atom is -0.478 e. The van der Waals surface area contributed by atoms with Crippen LogP contribution >= 0.6 is 0 Å². The monoisotopic (exact) mass is 386 g/mol. The third kappa shape index (κ3) is 6.17. The fourth-order valence-corrected chi connectivity index (χ4v) is 2.38. The number of aromatic carboxylic acids is 1. The van der Waals surface area contributed by atoms with E-state index in [1.165, 1.54) is 0 Å². The van der Waals surface area contributed by atoms with Gasteiger partial charge in [-0.05, 0) is 38.0 Å². The lowest BCUT2D eigenvalue weighted by atomic mass is 10.1. The number of nitrogens with zero attached hydrogens (tertiary/aromatic N) is 1. The zero-order valence-electron chi connectivity index (χ0n) is 15.9. The topological polar surface area (TPSA) is 119 Å². The Kier molecular flexibility index (Phi) is 6.48. The van der Waals surface area contributed by atoms with Gasteiger partial charge in [-0.2, -0.15) is 0 Å². The smallest absolute Gasteiger partial charge is 0.335 e. The summed E-state index contributed by atoms with van der Waals surface area (Å²) >= 11 is 0. The van der Waals surface area contributed by atoms with Crippen LogP contribution in [0.25, 0.3) is 0 Å². The Morgan fingerprint density at radius 1 is 1.11 bits per heavy atom. The number of carbonyl (C=O) groups excluding carboxylic acids is 1. The Bertz CT molecular complexity index is 870. The van der Waals surface area contributed by atoms with Crippen LogP contribution in [0.4, 0.5) is 5.69 Å². The zero-order chi connectivity index (χ0) is 20.9. The molecule has 1 amide bonds. The number of nitro groups is 1. The number of nitrogens with one attached hydrogen (secondary N) is 1. The van der Waals surface area contributed by atoms with Crippen molar-refractivity contribution in [2.75, 3.05) is 0 Å². The second kappa shape index (κ2) is 8.62. The van der Waals surface area contributed by atoms with Crippen molar-refractivity contribution >= 4 is 17.6 Å². The van der Waals surface area contributed by atoms with E-state index in [9.17, 15) is 19.7 Å². The molecule has 0 aliphatic rings. The van der Waals surface area contributed by atoms with Crippen LogP contribution in [0.2, 0.25) is 0 Å². The van der Waals surface area contributed by atoms with Gasteiger partial charge in [0.05, 0.1) is 22.7 Å². The molecule has 8 nitrogen and oxygen atoms in total. The molecule has 0 aromatic heterocycles. The minimum atomic E-state index is -1.34. The Labute approximate surface area is 162 Å². The number of ether oxygens (including phenoxy) is 1. The molecule has 8 heteroatoms. The molecule has 148 valence electrons. The van der Waals surface area contributed by atoms with E-state index in [2.05, 4.69) is 5.32 Å². The van der Waals surface area contributed by atoms with Gasteiger partial charge in [0.2, 0.25) is 0 Å². The largest absolute Gasteiger partial charge is 0.478 e. The van der Waals surface area contributed by atoms with Crippen molar-refractivity contribution in [2.24, 2.45) is 0 Å². The van der Waals surface area contributed by atoms with Crippen molar-refractivity contribution in [3.8, 4) is 0 Å². The van der Waals surface area contributed by atoms with E-state index in [1.54, 1.807) is 0 Å². The van der Waals surface area contributed by atoms with Gasteiger partial charge >= 0.3 is 5.97 Å². The van der Waals surface area contributed by atoms with E-state index in [0.29, 0.717) is 6.61 Å². The van der Waals surface area contributed by atoms with Gasteiger partial charge in [0.25, 0.3) is 11.6 Å². The van der Waals surface area contributed by atoms with Crippen LogP contribution in [0.5, 0.6) is 0 Å². The lowest BCUT2D eigenvalue weighted by molar-refractivity contribution is -0.384. The Morgan fingerprint density at radius 2 is 1.75 bits per heavy atom. The van der Waals surface area contributed by atoms with E-state index < -0.39 is 22.5 Å². The number of rotatable bonds is 7. The van der Waals surface area contributed by atoms with Gasteiger partial charge in [-0.15, -0.1) is 0 Å². The Morgan fingerprint density at radius 3 is 2.36 bits per heavy atom. The highest BCUT2D eigenvalue weighted by molar-refractivity contribution is 5.98. The molecule has 0 saturated heterocycles. The predicted octanol–water partition coefficient (Wildman–Crippen LogP) is 3.54. The van der Waals surface area contributed by atoms with Crippen molar-refractivity contribution in [1.29, 1.82) is 0 Å². The third-order valence-electron chi connectivity index (χ3n) is 3.75. The second-order valence-electron chi connectivity index (χ2n) is 7.23. The first-order valence-corrected chi connectivity index (χ1v) is 8.58. The van der Waals surface area contributed by atoms with Gasteiger partial charge in [0.15, 0.2) is 0 Å². The van der Waals surface area contributed by atoms with Crippen molar-refractivity contribution in [3.63, 3.8) is 0 Å². The normalized spacial score (nSPS) is 11.1. The van der Waals surface area contributed by atoms with Gasteiger partial charge in [-0.1, -0.05) is 24.3 Å². The minimum absolute atomic E-state index is 0.0844. The van der Waals surface area contributed by atoms with Crippen molar-refractivity contribution in [2.45, 2.75) is 39.5 Å². The molecule has 2 N–H and O–H groups in total. The summed E-state index contributed by atoms with van der Waals surface area (Å²) in [6, 6.07) is 10.6. The maximum Gasteiger partial charge on any atom is 0.335 e. The van der Waals surface area contributed by atoms with Crippen molar-refractivity contribution < 1.29 is 24.4 Å². The van der Waals surface area contributed by atoms with E-state index >= 15 is 0 Å². The molecule has 0 unspecified atom stereocenters. The zero-order valence-corrected chi connectivity index (χ0v) is 15.9. The van der Waals surface area contributed by atoms with Crippen LogP contribution < -0.4 is 5.32 Å². The average Bonchev–Trinajstić information content (AvgIpc) is 2.63. The molecule has 0 radical (unpaired) electrons. The average molecular weight is 386 g/mol. The van der Waals surface area contributed by atoms with Gasteiger partial charge in [-0.3, -0.25) is 14.9 Å². The molecular weight excluding hydrogens is 364 g/mol. The summed E-state index contributed by atoms with van der Waals surface area (Å²) in [7, 11) is 0. The second-order valence-corrected chi connectivity index (χ2v) is 7.23. The van der Waals surface area contributed by atoms with E-state index in [4.69, 9.17) is 9.84 Å². The van der Waals surface area contributed by atoms with Crippen LogP contribution in [-0.2, 0) is 17.9 Å². The summed E-state index contributed by atoms with van der Waals surface area (Å²) in [5.41, 5.74) is 0.650. The summed E-state index contributed by atoms with van der Waals surface area (Å²) < 4.78 is 5.73. The van der Waals surface area contributed by atoms with Crippen LogP contribution in [0.3, 0.4) is 0 Å². The van der Waals surface area contributed by atoms with Gasteiger partial charge < -0.3 is 15.2 Å². The molecule has 0 bridgehead atoms. The number of hydrogen-bond acceptors (Lipinski definition) is 5. The summed E-state index contributed by atoms with van der Waals surface area (Å²) in [5, 5.41) is 22.7. The molecule has 28 heavy (non-hydrogen) atoms. The van der Waals surface area contributed by atoms with E-state index in [0.717, 1.165) is 29.3 Å². The highest BCUT2D eigenvalue weighted by Gasteiger charge is 2.17. The number of hydrogen-bond donors (Lipinski definition) is 2. The summed E-state index contributed by atoms with van der Waals surface area (Å²) in [4.78, 5) is 33.7. The number of nitro benzene ring substituents is 1. The standard InChI is InChI=1S/C20H22N2O6/c1-20(2,3)28-12-14-6-4-5-13(7-14)11-21-18(23)15-8-16(19(24)25)10-17(9-15)22(26)27/h4-10H,11-12H2,1-3H3,(H,21,23)(H,24,25). The first-order chi connectivity index (χ1) is 13.0. The fourth-order valence-electron chi connectivity index (χ4n) is 2.38. The number of carboxylic acids is 1. The van der Waals surface area contributed by atoms with Crippen LogP contribution in [-0.4, -0.2) is 27.5 Å². The third-order valence-corrected chi connectivity index (χ3v) is 3.75. The van der Waals surface area contributed by atoms with E-state index in [-0.39, 0.29) is 23.3 Å². The SMILES string of the molecule is CC(C)(C)OCc1cccc(CNC(=O)c2cc(C(=O)O)cc([N+](=O)[O-])c2)c1. The van der Waals surface area contributed by atoms with Gasteiger partial charge in [0.1, 0.15) is 0 Å². The lowest BCUT2D eigenvalue weighted by Crippen LogP contribution is -2.23. The summed E-state index contributed by atoms with van der Waals surface area (Å²) in [5.74, 6) is -1.94. The Balaban J connectivity index is 2.10. The molecule has 0 aliphatic carbocycles. The number of amides is 1. The molecular formula is C20H22N2O6. The molecule has 0 spiro atoms. The van der Waals surface area contributed by atoms with Crippen LogP contribution in [0.1, 0.15) is 52.6 Å². The van der Waals surface area contributed by atoms with Crippen LogP contribution in [0.15, 0.2) is 42.5 Å². The first-order valence-electron chi connectivity index (χ1n) is 8.58. The molecule has 0 heterocycles. The molecule has 0 fully saturated rings. The molecule has 2 aromatic carbocycles. The van der Waals surface area contributed by atoms with Gasteiger partial charge in [-0.25, -0.2) is 4.79 Å². The van der Waals surface area contributed by atoms with Gasteiger partial charge in [0, 0.05) is 24.2 Å². The lowest BCUT2D eigenvalue weighted by Gasteiger charge is -2.19. The highest BCUT2D eigenvalue weighted by atomic mass is 16.6. The number of non-ortho nitro benzene ring substituents is 1. The maximum absolute atomic E-state index is 12.4. The van der Waals surface area contributed by atoms with Crippen molar-refractivity contribution in [3.05, 3.63) is 74.8 Å². The highest BCUT2D eigenvalue weighted by Crippen LogP contribution is 2.18. The quantitative estimate of drug-likeness (QED) is 0.555. The maximum atomic E-state index is 12.4. The first kappa shape index (κ1) is 21.0. The molecule has 2 aromatic rings. The number of carbonyl (C=O) groups is 2. The summed E-state index contributed by atoms with van der Waals surface area (Å²) in [6.07, 6.45) is 0. The molecule has 0 aliphatic heterocycles. The fraction of sp³-hybridized carbons (Fsp3) is 0.300. The molecule has 0 saturated carbocycles. The summed E-state index contributed by atoms with van der Waals surface area (Å²) in [6.45, 7) is 6.50. The molecule has 2 rings (SSSR count).